The Balaban J connectivity index is 1.26. The van der Waals surface area contributed by atoms with Gasteiger partial charge in [-0.25, -0.2) is 0 Å². The zero-order chi connectivity index (χ0) is 37.0. The third-order valence-corrected chi connectivity index (χ3v) is 11.4. The molecule has 1 aromatic heterocycles. The Labute approximate surface area is 325 Å². The van der Waals surface area contributed by atoms with E-state index in [1.807, 2.05) is 0 Å². The summed E-state index contributed by atoms with van der Waals surface area (Å²) in [5, 5.41) is 9.80. The molecule has 0 aliphatic carbocycles. The number of rotatable bonds is 6. The molecule has 10 aromatic carbocycles. The van der Waals surface area contributed by atoms with Gasteiger partial charge in [-0.05, 0) is 74.5 Å². The van der Waals surface area contributed by atoms with Crippen LogP contribution in [0.1, 0.15) is 0 Å². The van der Waals surface area contributed by atoms with E-state index in [1.54, 1.807) is 0 Å². The summed E-state index contributed by atoms with van der Waals surface area (Å²) >= 11 is 0. The second-order valence-electron chi connectivity index (χ2n) is 14.4. The minimum atomic E-state index is 1.12. The molecule has 2 nitrogen and oxygen atoms in total. The third-order valence-electron chi connectivity index (χ3n) is 11.4. The zero-order valence-corrected chi connectivity index (χ0v) is 30.7. The van der Waals surface area contributed by atoms with Gasteiger partial charge in [0.1, 0.15) is 0 Å². The number of fused-ring (bicyclic) bond motifs is 7. The Morgan fingerprint density at radius 1 is 0.304 bits per heavy atom. The molecule has 0 aliphatic heterocycles. The number of para-hydroxylation sites is 3. The third kappa shape index (κ3) is 5.04. The lowest BCUT2D eigenvalue weighted by molar-refractivity contribution is 1.18. The van der Waals surface area contributed by atoms with E-state index in [0.29, 0.717) is 0 Å². The average Bonchev–Trinajstić information content (AvgIpc) is 3.62. The van der Waals surface area contributed by atoms with Gasteiger partial charge in [-0.1, -0.05) is 182 Å². The molecule has 11 aromatic rings. The van der Waals surface area contributed by atoms with Crippen LogP contribution in [0, 0.1) is 0 Å². The predicted molar refractivity (Wildman–Crippen MR) is 239 cm³/mol. The topological polar surface area (TPSA) is 8.17 Å². The van der Waals surface area contributed by atoms with Crippen molar-refractivity contribution in [3.63, 3.8) is 0 Å². The minimum Gasteiger partial charge on any atom is -0.309 e. The van der Waals surface area contributed by atoms with Crippen LogP contribution < -0.4 is 4.90 Å². The molecule has 0 atom stereocenters. The lowest BCUT2D eigenvalue weighted by Crippen LogP contribution is -2.12. The van der Waals surface area contributed by atoms with Gasteiger partial charge in [-0.15, -0.1) is 0 Å². The Bertz CT molecular complexity index is 3260. The van der Waals surface area contributed by atoms with E-state index in [4.69, 9.17) is 0 Å². The van der Waals surface area contributed by atoms with Gasteiger partial charge in [0.2, 0.25) is 0 Å². The monoisotopic (exact) mass is 712 g/mol. The maximum atomic E-state index is 2.52. The lowest BCUT2D eigenvalue weighted by atomic mass is 9.96. The Morgan fingerprint density at radius 2 is 0.857 bits per heavy atom. The molecule has 0 N–H and O–H groups in total. The van der Waals surface area contributed by atoms with Crippen LogP contribution in [0.2, 0.25) is 0 Å². The summed E-state index contributed by atoms with van der Waals surface area (Å²) in [6, 6.07) is 79.6. The highest BCUT2D eigenvalue weighted by atomic mass is 15.2. The number of hydrogen-bond acceptors (Lipinski definition) is 1. The van der Waals surface area contributed by atoms with Crippen molar-refractivity contribution in [1.82, 2.24) is 4.57 Å². The van der Waals surface area contributed by atoms with Crippen LogP contribution in [0.25, 0.3) is 82.1 Å². The zero-order valence-electron chi connectivity index (χ0n) is 30.7. The highest BCUT2D eigenvalue weighted by Gasteiger charge is 2.25. The SMILES string of the molecule is c1ccc(-c2ccccc2N(c2cc3ccccc3c3ccccc23)c2cccc3c2c2ccccc2n3-c2ccccc2-c2cccc3ccccc23)cc1. The Morgan fingerprint density at radius 3 is 1.71 bits per heavy atom. The van der Waals surface area contributed by atoms with Crippen LogP contribution >= 0.6 is 0 Å². The Hall–Kier alpha value is -7.42. The van der Waals surface area contributed by atoms with Crippen molar-refractivity contribution in [3.05, 3.63) is 218 Å². The van der Waals surface area contributed by atoms with Crippen LogP contribution in [-0.4, -0.2) is 4.57 Å². The number of nitrogens with zero attached hydrogens (tertiary/aromatic N) is 2. The molecule has 0 saturated carbocycles. The molecular formula is C54H36N2. The summed E-state index contributed by atoms with van der Waals surface area (Å²) in [7, 11) is 0. The van der Waals surface area contributed by atoms with Gasteiger partial charge in [0.15, 0.2) is 0 Å². The van der Waals surface area contributed by atoms with E-state index < -0.39 is 0 Å². The first-order chi connectivity index (χ1) is 27.8. The van der Waals surface area contributed by atoms with E-state index >= 15 is 0 Å². The second kappa shape index (κ2) is 13.2. The first-order valence-electron chi connectivity index (χ1n) is 19.3. The molecule has 0 amide bonds. The molecule has 1 heterocycles. The standard InChI is InChI=1S/C54H36N2/c1-2-18-38(19-3-1)42-25-10-13-31-48(42)56(53-36-39-21-5-7-24-41(39)43-26-8-9-28-46(43)53)52-35-17-34-51-54(52)47-29-12-15-33-50(47)55(51)49-32-14-11-27-45(49)44-30-16-22-37-20-4-6-23-40(37)44/h1-36H. The van der Waals surface area contributed by atoms with Gasteiger partial charge >= 0.3 is 0 Å². The van der Waals surface area contributed by atoms with E-state index in [1.165, 1.54) is 70.9 Å². The van der Waals surface area contributed by atoms with Crippen molar-refractivity contribution in [2.45, 2.75) is 0 Å². The first-order valence-corrected chi connectivity index (χ1v) is 19.3. The van der Waals surface area contributed by atoms with Crippen LogP contribution in [0.15, 0.2) is 218 Å². The smallest absolute Gasteiger partial charge is 0.0562 e. The summed E-state index contributed by atoms with van der Waals surface area (Å²) < 4.78 is 2.48. The van der Waals surface area contributed by atoms with Gasteiger partial charge < -0.3 is 9.47 Å². The van der Waals surface area contributed by atoms with E-state index in [-0.39, 0.29) is 0 Å². The quantitative estimate of drug-likeness (QED) is 0.156. The molecule has 262 valence electrons. The maximum absolute atomic E-state index is 2.52. The van der Waals surface area contributed by atoms with Gasteiger partial charge in [-0.3, -0.25) is 0 Å². The van der Waals surface area contributed by atoms with Crippen LogP contribution in [0.5, 0.6) is 0 Å². The fourth-order valence-electron chi connectivity index (χ4n) is 8.94. The maximum Gasteiger partial charge on any atom is 0.0562 e. The number of benzene rings is 10. The normalized spacial score (nSPS) is 11.6. The summed E-state index contributed by atoms with van der Waals surface area (Å²) in [6.07, 6.45) is 0. The fourth-order valence-corrected chi connectivity index (χ4v) is 8.94. The summed E-state index contributed by atoms with van der Waals surface area (Å²) in [5.41, 5.74) is 11.6. The fraction of sp³-hybridized carbons (Fsp3) is 0. The van der Waals surface area contributed by atoms with Crippen molar-refractivity contribution in [1.29, 1.82) is 0 Å². The summed E-state index contributed by atoms with van der Waals surface area (Å²) in [5.74, 6) is 0. The molecule has 11 rings (SSSR count). The number of hydrogen-bond donors (Lipinski definition) is 0. The molecular weight excluding hydrogens is 677 g/mol. The summed E-state index contributed by atoms with van der Waals surface area (Å²) in [6.45, 7) is 0. The Kier molecular flexibility index (Phi) is 7.53. The van der Waals surface area contributed by atoms with Crippen LogP contribution in [0.3, 0.4) is 0 Å². The van der Waals surface area contributed by atoms with Gasteiger partial charge in [-0.2, -0.15) is 0 Å². The van der Waals surface area contributed by atoms with E-state index in [9.17, 15) is 0 Å². The van der Waals surface area contributed by atoms with Crippen molar-refractivity contribution in [2.75, 3.05) is 4.90 Å². The highest BCUT2D eigenvalue weighted by Crippen LogP contribution is 2.49. The van der Waals surface area contributed by atoms with E-state index in [2.05, 4.69) is 228 Å². The van der Waals surface area contributed by atoms with Crippen molar-refractivity contribution in [3.8, 4) is 27.9 Å². The number of aromatic nitrogens is 1. The second-order valence-corrected chi connectivity index (χ2v) is 14.4. The molecule has 0 radical (unpaired) electrons. The van der Waals surface area contributed by atoms with Gasteiger partial charge in [0.05, 0.1) is 33.8 Å². The van der Waals surface area contributed by atoms with Gasteiger partial charge in [0.25, 0.3) is 0 Å². The van der Waals surface area contributed by atoms with Crippen LogP contribution in [0.4, 0.5) is 17.1 Å². The van der Waals surface area contributed by atoms with Crippen molar-refractivity contribution >= 4 is 71.2 Å². The molecule has 0 saturated heterocycles. The predicted octanol–water partition coefficient (Wildman–Crippen LogP) is 15.0. The highest BCUT2D eigenvalue weighted by molar-refractivity contribution is 6.20. The molecule has 0 bridgehead atoms. The molecule has 56 heavy (non-hydrogen) atoms. The molecule has 0 aliphatic rings. The van der Waals surface area contributed by atoms with E-state index in [0.717, 1.165) is 28.3 Å². The minimum absolute atomic E-state index is 1.12. The average molecular weight is 713 g/mol. The summed E-state index contributed by atoms with van der Waals surface area (Å²) in [4.78, 5) is 2.52. The first kappa shape index (κ1) is 32.0. The largest absolute Gasteiger partial charge is 0.309 e. The van der Waals surface area contributed by atoms with Crippen molar-refractivity contribution in [2.24, 2.45) is 0 Å². The van der Waals surface area contributed by atoms with Crippen LogP contribution in [-0.2, 0) is 0 Å². The van der Waals surface area contributed by atoms with Gasteiger partial charge in [0, 0.05) is 27.3 Å². The molecule has 0 spiro atoms. The molecule has 2 heteroatoms. The van der Waals surface area contributed by atoms with Crippen molar-refractivity contribution < 1.29 is 0 Å². The molecule has 0 fully saturated rings. The lowest BCUT2D eigenvalue weighted by Gasteiger charge is -2.30. The number of anilines is 3. The molecule has 0 unspecified atom stereocenters.